The van der Waals surface area contributed by atoms with Gasteiger partial charge < -0.3 is 10.4 Å². The Kier molecular flexibility index (Phi) is 5.89. The molecule has 1 aliphatic heterocycles. The summed E-state index contributed by atoms with van der Waals surface area (Å²) in [7, 11) is 0. The molecule has 1 amide bonds. The number of aryl methyl sites for hydroxylation is 2. The summed E-state index contributed by atoms with van der Waals surface area (Å²) in [6.07, 6.45) is 1.34. The highest BCUT2D eigenvalue weighted by atomic mass is 32.1. The fourth-order valence-electron chi connectivity index (χ4n) is 3.46. The van der Waals surface area contributed by atoms with Crippen molar-refractivity contribution in [1.29, 1.82) is 0 Å². The summed E-state index contributed by atoms with van der Waals surface area (Å²) in [6, 6.07) is 12.4. The first kappa shape index (κ1) is 18.1. The molecule has 2 N–H and O–H groups in total. The molecule has 0 spiro atoms. The van der Waals surface area contributed by atoms with Gasteiger partial charge in [0.25, 0.3) is 5.91 Å². The summed E-state index contributed by atoms with van der Waals surface area (Å²) in [6.45, 7) is 6.21. The first-order valence-electron chi connectivity index (χ1n) is 8.90. The second kappa shape index (κ2) is 8.13. The quantitative estimate of drug-likeness (QED) is 0.835. The fourth-order valence-corrected chi connectivity index (χ4v) is 4.49. The van der Waals surface area contributed by atoms with Crippen LogP contribution >= 0.6 is 11.3 Å². The summed E-state index contributed by atoms with van der Waals surface area (Å²) in [5, 5.41) is 13.1. The molecule has 5 heteroatoms. The number of carbonyl (C=O) groups is 1. The summed E-state index contributed by atoms with van der Waals surface area (Å²) in [4.78, 5) is 16.7. The normalized spacial score (nSPS) is 20.8. The average Bonchev–Trinajstić information content (AvgIpc) is 3.15. The minimum atomic E-state index is -0.318. The Bertz CT molecular complexity index is 714. The zero-order valence-corrected chi connectivity index (χ0v) is 15.7. The van der Waals surface area contributed by atoms with Gasteiger partial charge >= 0.3 is 0 Å². The molecule has 4 nitrogen and oxygen atoms in total. The molecule has 1 aromatic heterocycles. The summed E-state index contributed by atoms with van der Waals surface area (Å²) < 4.78 is 0. The smallest absolute Gasteiger partial charge is 0.261 e. The van der Waals surface area contributed by atoms with Crippen LogP contribution in [-0.4, -0.2) is 41.1 Å². The molecule has 0 radical (unpaired) electrons. The van der Waals surface area contributed by atoms with Crippen molar-refractivity contribution < 1.29 is 9.90 Å². The molecule has 1 aromatic carbocycles. The third kappa shape index (κ3) is 4.48. The highest BCUT2D eigenvalue weighted by molar-refractivity contribution is 7.14. The molecule has 25 heavy (non-hydrogen) atoms. The van der Waals surface area contributed by atoms with Crippen LogP contribution in [-0.2, 0) is 13.0 Å². The van der Waals surface area contributed by atoms with Gasteiger partial charge in [-0.1, -0.05) is 37.3 Å². The molecular formula is C20H26N2O2S. The van der Waals surface area contributed by atoms with E-state index in [-0.39, 0.29) is 18.1 Å². The lowest BCUT2D eigenvalue weighted by molar-refractivity contribution is 0.0944. The molecule has 1 saturated heterocycles. The SMILES string of the molecule is CCc1cc(C(=O)NCC2CC(O)CN2Cc2ccccc2)sc1C. The molecule has 1 fully saturated rings. The van der Waals surface area contributed by atoms with Crippen LogP contribution in [0, 0.1) is 6.92 Å². The fraction of sp³-hybridized carbons (Fsp3) is 0.450. The van der Waals surface area contributed by atoms with E-state index in [4.69, 9.17) is 0 Å². The standard InChI is InChI=1S/C20H26N2O2S/c1-3-16-9-19(25-14(16)2)20(24)21-11-17-10-18(23)13-22(17)12-15-7-5-4-6-8-15/h4-9,17-18,23H,3,10-13H2,1-2H3,(H,21,24). The van der Waals surface area contributed by atoms with E-state index in [0.29, 0.717) is 19.5 Å². The summed E-state index contributed by atoms with van der Waals surface area (Å²) in [5.41, 5.74) is 2.48. The number of rotatable bonds is 6. The molecule has 2 heterocycles. The van der Waals surface area contributed by atoms with Crippen molar-refractivity contribution in [3.8, 4) is 0 Å². The Hall–Kier alpha value is -1.69. The minimum Gasteiger partial charge on any atom is -0.392 e. The predicted molar refractivity (Wildman–Crippen MR) is 102 cm³/mol. The third-order valence-corrected chi connectivity index (χ3v) is 5.95. The summed E-state index contributed by atoms with van der Waals surface area (Å²) in [5.74, 6) is -0.00569. The maximum Gasteiger partial charge on any atom is 0.261 e. The van der Waals surface area contributed by atoms with Gasteiger partial charge in [0.2, 0.25) is 0 Å². The summed E-state index contributed by atoms with van der Waals surface area (Å²) >= 11 is 1.56. The number of hydrogen-bond donors (Lipinski definition) is 2. The maximum atomic E-state index is 12.4. The van der Waals surface area contributed by atoms with Crippen LogP contribution < -0.4 is 5.32 Å². The van der Waals surface area contributed by atoms with Crippen LogP contribution in [0.4, 0.5) is 0 Å². The van der Waals surface area contributed by atoms with Gasteiger partial charge in [-0.25, -0.2) is 0 Å². The number of carbonyl (C=O) groups excluding carboxylic acids is 1. The van der Waals surface area contributed by atoms with Gasteiger partial charge in [-0.05, 0) is 37.0 Å². The molecule has 0 saturated carbocycles. The molecule has 134 valence electrons. The van der Waals surface area contributed by atoms with Gasteiger partial charge in [0.15, 0.2) is 0 Å². The van der Waals surface area contributed by atoms with E-state index in [2.05, 4.69) is 36.2 Å². The van der Waals surface area contributed by atoms with Crippen LogP contribution in [0.25, 0.3) is 0 Å². The van der Waals surface area contributed by atoms with E-state index in [0.717, 1.165) is 17.8 Å². The predicted octanol–water partition coefficient (Wildman–Crippen LogP) is 2.98. The van der Waals surface area contributed by atoms with Crippen molar-refractivity contribution in [2.75, 3.05) is 13.1 Å². The zero-order valence-electron chi connectivity index (χ0n) is 14.9. The number of aliphatic hydroxyl groups is 1. The number of nitrogens with zero attached hydrogens (tertiary/aromatic N) is 1. The van der Waals surface area contributed by atoms with Gasteiger partial charge in [-0.15, -0.1) is 11.3 Å². The molecule has 2 aromatic rings. The Morgan fingerprint density at radius 1 is 1.36 bits per heavy atom. The lowest BCUT2D eigenvalue weighted by Crippen LogP contribution is -2.39. The van der Waals surface area contributed by atoms with E-state index in [1.165, 1.54) is 16.0 Å². The Labute approximate surface area is 153 Å². The Morgan fingerprint density at radius 3 is 2.80 bits per heavy atom. The van der Waals surface area contributed by atoms with Gasteiger partial charge in [0.05, 0.1) is 11.0 Å². The van der Waals surface area contributed by atoms with Crippen LogP contribution in [0.3, 0.4) is 0 Å². The number of thiophene rings is 1. The molecule has 3 rings (SSSR count). The number of amides is 1. The largest absolute Gasteiger partial charge is 0.392 e. The topological polar surface area (TPSA) is 52.6 Å². The van der Waals surface area contributed by atoms with Crippen molar-refractivity contribution in [1.82, 2.24) is 10.2 Å². The van der Waals surface area contributed by atoms with Gasteiger partial charge in [0, 0.05) is 30.6 Å². The minimum absolute atomic E-state index is 0.00569. The van der Waals surface area contributed by atoms with E-state index in [1.54, 1.807) is 11.3 Å². The van der Waals surface area contributed by atoms with E-state index in [1.807, 2.05) is 24.3 Å². The number of likely N-dealkylation sites (tertiary alicyclic amines) is 1. The van der Waals surface area contributed by atoms with Crippen LogP contribution in [0.5, 0.6) is 0 Å². The van der Waals surface area contributed by atoms with Crippen molar-refractivity contribution in [3.63, 3.8) is 0 Å². The van der Waals surface area contributed by atoms with Crippen molar-refractivity contribution in [3.05, 3.63) is 57.3 Å². The molecule has 0 aliphatic carbocycles. The van der Waals surface area contributed by atoms with E-state index < -0.39 is 0 Å². The second-order valence-corrected chi connectivity index (χ2v) is 7.97. The number of benzene rings is 1. The van der Waals surface area contributed by atoms with Gasteiger partial charge in [-0.3, -0.25) is 9.69 Å². The zero-order chi connectivity index (χ0) is 17.8. The van der Waals surface area contributed by atoms with E-state index >= 15 is 0 Å². The molecule has 2 unspecified atom stereocenters. The highest BCUT2D eigenvalue weighted by Gasteiger charge is 2.31. The van der Waals surface area contributed by atoms with E-state index in [9.17, 15) is 9.90 Å². The van der Waals surface area contributed by atoms with Crippen LogP contribution in [0.1, 0.15) is 39.0 Å². The van der Waals surface area contributed by atoms with Crippen LogP contribution in [0.2, 0.25) is 0 Å². The first-order valence-corrected chi connectivity index (χ1v) is 9.72. The Balaban J connectivity index is 1.59. The van der Waals surface area contributed by atoms with Gasteiger partial charge in [-0.2, -0.15) is 0 Å². The number of hydrogen-bond acceptors (Lipinski definition) is 4. The maximum absolute atomic E-state index is 12.4. The molecular weight excluding hydrogens is 332 g/mol. The molecule has 2 atom stereocenters. The highest BCUT2D eigenvalue weighted by Crippen LogP contribution is 2.23. The lowest BCUT2D eigenvalue weighted by Gasteiger charge is -2.24. The Morgan fingerprint density at radius 2 is 2.12 bits per heavy atom. The van der Waals surface area contributed by atoms with Crippen molar-refractivity contribution in [2.45, 2.75) is 45.4 Å². The number of β-amino-alcohol motifs (C(OH)–C–C–N with tert-alkyl or cyclic N) is 1. The lowest BCUT2D eigenvalue weighted by atomic mass is 10.1. The second-order valence-electron chi connectivity index (χ2n) is 6.71. The van der Waals surface area contributed by atoms with Gasteiger partial charge in [0.1, 0.15) is 0 Å². The average molecular weight is 359 g/mol. The first-order chi connectivity index (χ1) is 12.1. The molecule has 0 bridgehead atoms. The number of aliphatic hydroxyl groups excluding tert-OH is 1. The number of nitrogens with one attached hydrogen (secondary N) is 1. The van der Waals surface area contributed by atoms with Crippen LogP contribution in [0.15, 0.2) is 36.4 Å². The third-order valence-electron chi connectivity index (χ3n) is 4.86. The molecule has 1 aliphatic rings. The monoisotopic (exact) mass is 358 g/mol. The van der Waals surface area contributed by atoms with Crippen molar-refractivity contribution in [2.24, 2.45) is 0 Å². The van der Waals surface area contributed by atoms with Crippen molar-refractivity contribution >= 4 is 17.2 Å².